The molecular weight excluding hydrogens is 381 g/mol. The smallest absolute Gasteiger partial charge is 0.254 e. The molecule has 144 valence electrons. The van der Waals surface area contributed by atoms with E-state index in [2.05, 4.69) is 20.6 Å². The molecule has 5 rings (SSSR count). The number of fused-ring (bicyclic) bond motifs is 2. The lowest BCUT2D eigenvalue weighted by Gasteiger charge is -2.30. The molecule has 0 bridgehead atoms. The Labute approximate surface area is 164 Å². The van der Waals surface area contributed by atoms with Gasteiger partial charge >= 0.3 is 0 Å². The second-order valence-electron chi connectivity index (χ2n) is 6.95. The molecule has 3 aromatic rings. The first-order chi connectivity index (χ1) is 13.6. The number of nitrogens with zero attached hydrogens (tertiary/aromatic N) is 2. The van der Waals surface area contributed by atoms with Crippen LogP contribution in [0.1, 0.15) is 22.3 Å². The van der Waals surface area contributed by atoms with Gasteiger partial charge in [0.05, 0.1) is 22.7 Å². The van der Waals surface area contributed by atoms with Gasteiger partial charge in [0.2, 0.25) is 0 Å². The van der Waals surface area contributed by atoms with Crippen LogP contribution in [0.3, 0.4) is 0 Å². The van der Waals surface area contributed by atoms with E-state index in [4.69, 9.17) is 10.5 Å². The van der Waals surface area contributed by atoms with E-state index < -0.39 is 5.82 Å². The molecule has 2 atom stereocenters. The van der Waals surface area contributed by atoms with Crippen molar-refractivity contribution in [2.45, 2.75) is 25.0 Å². The third-order valence-corrected chi connectivity index (χ3v) is 6.20. The number of ether oxygens (including phenoxy) is 1. The number of aromatic nitrogens is 2. The van der Waals surface area contributed by atoms with Crippen LogP contribution in [0.4, 0.5) is 10.2 Å². The summed E-state index contributed by atoms with van der Waals surface area (Å²) in [7, 11) is 0. The summed E-state index contributed by atoms with van der Waals surface area (Å²) < 4.78 is 20.5. The maximum atomic E-state index is 15.1. The number of amides is 1. The number of nitrogens with one attached hydrogen (secondary N) is 2. The molecule has 0 saturated carbocycles. The highest BCUT2D eigenvalue weighted by Gasteiger charge is 2.32. The van der Waals surface area contributed by atoms with Crippen molar-refractivity contribution in [3.63, 3.8) is 0 Å². The molecule has 1 saturated heterocycles. The highest BCUT2D eigenvalue weighted by atomic mass is 32.1. The van der Waals surface area contributed by atoms with Gasteiger partial charge in [0.15, 0.2) is 11.6 Å². The molecule has 2 unspecified atom stereocenters. The van der Waals surface area contributed by atoms with Crippen molar-refractivity contribution in [1.82, 2.24) is 15.3 Å². The van der Waals surface area contributed by atoms with E-state index in [0.29, 0.717) is 36.5 Å². The fourth-order valence-corrected chi connectivity index (χ4v) is 4.66. The number of carbonyl (C=O) groups is 1. The Bertz CT molecular complexity index is 1050. The number of hydrogen-bond acceptors (Lipinski definition) is 7. The lowest BCUT2D eigenvalue weighted by atomic mass is 10.0. The van der Waals surface area contributed by atoms with Crippen LogP contribution in [0, 0.1) is 5.82 Å². The fraction of sp³-hybridized carbons (Fsp3) is 0.316. The molecule has 2 aliphatic rings. The summed E-state index contributed by atoms with van der Waals surface area (Å²) in [6.07, 6.45) is 2.38. The number of nitrogens with two attached hydrogens (primary N) is 1. The molecule has 0 aromatic carbocycles. The third-order valence-electron chi connectivity index (χ3n) is 5.14. The van der Waals surface area contributed by atoms with Crippen molar-refractivity contribution in [3.05, 3.63) is 41.3 Å². The number of anilines is 1. The summed E-state index contributed by atoms with van der Waals surface area (Å²) in [5.74, 6) is -0.691. The van der Waals surface area contributed by atoms with E-state index in [1.54, 1.807) is 6.20 Å². The first-order valence-corrected chi connectivity index (χ1v) is 9.89. The van der Waals surface area contributed by atoms with Crippen LogP contribution in [0.25, 0.3) is 20.8 Å². The van der Waals surface area contributed by atoms with Crippen molar-refractivity contribution >= 4 is 33.3 Å². The summed E-state index contributed by atoms with van der Waals surface area (Å²) in [6.45, 7) is 1.12. The lowest BCUT2D eigenvalue weighted by Crippen LogP contribution is -2.48. The van der Waals surface area contributed by atoms with Crippen LogP contribution in [-0.2, 0) is 11.3 Å². The average molecular weight is 399 g/mol. The van der Waals surface area contributed by atoms with E-state index in [1.165, 1.54) is 11.3 Å². The highest BCUT2D eigenvalue weighted by molar-refractivity contribution is 7.21. The Morgan fingerprint density at radius 3 is 3.14 bits per heavy atom. The molecule has 9 heteroatoms. The minimum atomic E-state index is -0.505. The van der Waals surface area contributed by atoms with E-state index in [0.717, 1.165) is 15.1 Å². The Morgan fingerprint density at radius 1 is 1.43 bits per heavy atom. The van der Waals surface area contributed by atoms with Crippen molar-refractivity contribution < 1.29 is 13.9 Å². The number of halogens is 1. The molecule has 0 aliphatic carbocycles. The van der Waals surface area contributed by atoms with Gasteiger partial charge in [-0.2, -0.15) is 0 Å². The largest absolute Gasteiger partial charge is 0.380 e. The van der Waals surface area contributed by atoms with Crippen molar-refractivity contribution in [2.75, 3.05) is 18.5 Å². The Hall–Kier alpha value is -2.62. The first-order valence-electron chi connectivity index (χ1n) is 9.07. The zero-order valence-electron chi connectivity index (χ0n) is 14.9. The van der Waals surface area contributed by atoms with Gasteiger partial charge in [-0.1, -0.05) is 6.07 Å². The molecule has 2 aliphatic heterocycles. The van der Waals surface area contributed by atoms with Crippen LogP contribution < -0.4 is 16.4 Å². The molecule has 3 aromatic heterocycles. The maximum absolute atomic E-state index is 15.1. The van der Waals surface area contributed by atoms with E-state index >= 15 is 4.39 Å². The van der Waals surface area contributed by atoms with Crippen molar-refractivity contribution in [1.29, 1.82) is 0 Å². The molecule has 0 radical (unpaired) electrons. The van der Waals surface area contributed by atoms with Gasteiger partial charge in [-0.25, -0.2) is 14.4 Å². The minimum Gasteiger partial charge on any atom is -0.380 e. The number of rotatable bonds is 3. The molecule has 5 heterocycles. The van der Waals surface area contributed by atoms with Crippen LogP contribution in [-0.4, -0.2) is 41.2 Å². The maximum Gasteiger partial charge on any atom is 0.254 e. The standard InChI is InChI=1S/C19H18FN5O2S/c20-15-10-7-23-18(26)14(10)16(13-6-9-2-1-4-22-19(9)28-13)25-17(15)24-12-3-5-27-8-11(12)21/h1-2,4,6,11-12H,3,5,7-8,21H2,(H,23,26)(H,24,25). The Kier molecular flexibility index (Phi) is 4.22. The molecule has 28 heavy (non-hydrogen) atoms. The van der Waals surface area contributed by atoms with E-state index in [1.807, 2.05) is 18.2 Å². The topological polar surface area (TPSA) is 102 Å². The second-order valence-corrected chi connectivity index (χ2v) is 7.98. The summed E-state index contributed by atoms with van der Waals surface area (Å²) in [5.41, 5.74) is 7.21. The molecule has 4 N–H and O–H groups in total. The summed E-state index contributed by atoms with van der Waals surface area (Å²) in [5, 5.41) is 6.81. The predicted molar refractivity (Wildman–Crippen MR) is 105 cm³/mol. The van der Waals surface area contributed by atoms with Gasteiger partial charge in [-0.3, -0.25) is 4.79 Å². The van der Waals surface area contributed by atoms with Gasteiger partial charge in [-0.15, -0.1) is 11.3 Å². The number of pyridine rings is 2. The molecule has 0 spiro atoms. The number of thiophene rings is 1. The van der Waals surface area contributed by atoms with Gasteiger partial charge in [0, 0.05) is 42.4 Å². The first kappa shape index (κ1) is 17.5. The van der Waals surface area contributed by atoms with Crippen LogP contribution >= 0.6 is 11.3 Å². The number of carbonyl (C=O) groups excluding carboxylic acids is 1. The van der Waals surface area contributed by atoms with Crippen molar-refractivity contribution in [2.24, 2.45) is 5.73 Å². The van der Waals surface area contributed by atoms with Gasteiger partial charge in [0.1, 0.15) is 4.83 Å². The quantitative estimate of drug-likeness (QED) is 0.624. The average Bonchev–Trinajstić information content (AvgIpc) is 3.30. The van der Waals surface area contributed by atoms with E-state index in [9.17, 15) is 4.79 Å². The zero-order valence-corrected chi connectivity index (χ0v) is 15.7. The molecular formula is C19H18FN5O2S. The summed E-state index contributed by atoms with van der Waals surface area (Å²) in [4.78, 5) is 22.9. The predicted octanol–water partition coefficient (Wildman–Crippen LogP) is 2.27. The Balaban J connectivity index is 1.63. The fourth-order valence-electron chi connectivity index (χ4n) is 3.66. The van der Waals surface area contributed by atoms with E-state index in [-0.39, 0.29) is 30.4 Å². The zero-order chi connectivity index (χ0) is 19.3. The normalized spacial score (nSPS) is 21.6. The Morgan fingerprint density at radius 2 is 2.32 bits per heavy atom. The summed E-state index contributed by atoms with van der Waals surface area (Å²) >= 11 is 1.43. The summed E-state index contributed by atoms with van der Waals surface area (Å²) in [6, 6.07) is 5.35. The van der Waals surface area contributed by atoms with Gasteiger partial charge in [0.25, 0.3) is 5.91 Å². The van der Waals surface area contributed by atoms with Gasteiger partial charge < -0.3 is 21.1 Å². The molecule has 1 fully saturated rings. The van der Waals surface area contributed by atoms with Crippen molar-refractivity contribution in [3.8, 4) is 10.6 Å². The van der Waals surface area contributed by atoms with Crippen LogP contribution in [0.5, 0.6) is 0 Å². The highest BCUT2D eigenvalue weighted by Crippen LogP contribution is 2.38. The monoisotopic (exact) mass is 399 g/mol. The lowest BCUT2D eigenvalue weighted by molar-refractivity contribution is 0.0751. The second kappa shape index (κ2) is 6.77. The van der Waals surface area contributed by atoms with Gasteiger partial charge in [-0.05, 0) is 18.6 Å². The minimum absolute atomic E-state index is 0.123. The third kappa shape index (κ3) is 2.83. The SMILES string of the molecule is NC1COCCC1Nc1nc(-c2cc3cccnc3s2)c2c(c1F)CNC2=O. The van der Waals surface area contributed by atoms with Crippen LogP contribution in [0.15, 0.2) is 24.4 Å². The molecule has 1 amide bonds. The molecule has 7 nitrogen and oxygen atoms in total. The van der Waals surface area contributed by atoms with Crippen LogP contribution in [0.2, 0.25) is 0 Å². The number of hydrogen-bond donors (Lipinski definition) is 3.